The number of nitriles is 1. The molecule has 0 radical (unpaired) electrons. The zero-order valence-corrected chi connectivity index (χ0v) is 19.2. The third-order valence-electron chi connectivity index (χ3n) is 6.42. The molecule has 0 aromatic carbocycles. The Kier molecular flexibility index (Phi) is 5.86. The number of piperidine rings is 1. The molecule has 1 saturated heterocycles. The van der Waals surface area contributed by atoms with Gasteiger partial charge in [0.25, 0.3) is 0 Å². The minimum absolute atomic E-state index is 0.244. The first-order chi connectivity index (χ1) is 16.6. The van der Waals surface area contributed by atoms with Gasteiger partial charge in [0.2, 0.25) is 0 Å². The molecule has 0 saturated carbocycles. The Labute approximate surface area is 198 Å². The van der Waals surface area contributed by atoms with Gasteiger partial charge < -0.3 is 15.4 Å². The van der Waals surface area contributed by atoms with Crippen LogP contribution >= 0.6 is 0 Å². The minimum atomic E-state index is -0.244. The van der Waals surface area contributed by atoms with Crippen LogP contribution in [0.2, 0.25) is 0 Å². The summed E-state index contributed by atoms with van der Waals surface area (Å²) < 4.78 is 7.41. The van der Waals surface area contributed by atoms with Crippen LogP contribution in [0.4, 0.5) is 5.82 Å². The van der Waals surface area contributed by atoms with Gasteiger partial charge in [0, 0.05) is 54.3 Å². The molecule has 8 nitrogen and oxygen atoms in total. The molecule has 1 aliphatic rings. The van der Waals surface area contributed by atoms with E-state index >= 15 is 0 Å². The van der Waals surface area contributed by atoms with Crippen molar-refractivity contribution in [2.45, 2.75) is 31.7 Å². The molecule has 0 spiro atoms. The van der Waals surface area contributed by atoms with Crippen molar-refractivity contribution in [3.8, 4) is 22.9 Å². The van der Waals surface area contributed by atoms with E-state index in [2.05, 4.69) is 21.1 Å². The van der Waals surface area contributed by atoms with E-state index in [0.717, 1.165) is 60.5 Å². The van der Waals surface area contributed by atoms with Crippen LogP contribution in [0.15, 0.2) is 61.2 Å². The second-order valence-corrected chi connectivity index (χ2v) is 8.74. The number of hydrogen-bond acceptors (Lipinski definition) is 7. The van der Waals surface area contributed by atoms with Crippen molar-refractivity contribution in [1.82, 2.24) is 19.6 Å². The van der Waals surface area contributed by atoms with Crippen LogP contribution in [0.3, 0.4) is 0 Å². The predicted molar refractivity (Wildman–Crippen MR) is 131 cm³/mol. The third kappa shape index (κ3) is 4.30. The Morgan fingerprint density at radius 3 is 2.68 bits per heavy atom. The maximum Gasteiger partial charge on any atom is 0.138 e. The number of fused-ring (bicyclic) bond motifs is 1. The first-order valence-electron chi connectivity index (χ1n) is 11.5. The molecule has 0 atom stereocenters. The van der Waals surface area contributed by atoms with Gasteiger partial charge >= 0.3 is 0 Å². The summed E-state index contributed by atoms with van der Waals surface area (Å²) in [5.74, 6) is 1.62. The van der Waals surface area contributed by atoms with Gasteiger partial charge in [-0.15, -0.1) is 0 Å². The number of ether oxygens (including phenoxy) is 1. The number of nitrogens with zero attached hydrogens (tertiary/aromatic N) is 6. The molecule has 5 rings (SSSR count). The summed E-state index contributed by atoms with van der Waals surface area (Å²) in [5.41, 5.74) is 10.6. The lowest BCUT2D eigenvalue weighted by molar-refractivity contribution is 0.328. The lowest BCUT2D eigenvalue weighted by Crippen LogP contribution is -2.52. The fourth-order valence-corrected chi connectivity index (χ4v) is 4.60. The average Bonchev–Trinajstić information content (AvgIpc) is 3.28. The number of pyridine rings is 3. The molecule has 172 valence electrons. The molecule has 34 heavy (non-hydrogen) atoms. The quantitative estimate of drug-likeness (QED) is 0.475. The highest BCUT2D eigenvalue weighted by Crippen LogP contribution is 2.32. The number of nitrogens with two attached hydrogens (primary N) is 1. The van der Waals surface area contributed by atoms with Crippen molar-refractivity contribution in [2.75, 3.05) is 24.6 Å². The molecule has 0 bridgehead atoms. The fraction of sp³-hybridized carbons (Fsp3) is 0.308. The molecule has 0 amide bonds. The molecule has 4 aromatic heterocycles. The van der Waals surface area contributed by atoms with Crippen LogP contribution in [-0.4, -0.2) is 44.8 Å². The van der Waals surface area contributed by atoms with E-state index in [1.54, 1.807) is 16.9 Å². The van der Waals surface area contributed by atoms with Crippen molar-refractivity contribution >= 4 is 11.3 Å². The Hall–Kier alpha value is -3.96. The smallest absolute Gasteiger partial charge is 0.138 e. The molecule has 2 N–H and O–H groups in total. The fourth-order valence-electron chi connectivity index (χ4n) is 4.60. The van der Waals surface area contributed by atoms with Crippen molar-refractivity contribution in [1.29, 1.82) is 5.26 Å². The topological polar surface area (TPSA) is 105 Å². The van der Waals surface area contributed by atoms with Gasteiger partial charge in [0.05, 0.1) is 30.1 Å². The summed E-state index contributed by atoms with van der Waals surface area (Å²) in [7, 11) is 0. The van der Waals surface area contributed by atoms with Crippen LogP contribution in [-0.2, 0) is 6.42 Å². The monoisotopic (exact) mass is 453 g/mol. The van der Waals surface area contributed by atoms with Gasteiger partial charge in [-0.1, -0.05) is 6.07 Å². The normalized spacial score (nSPS) is 15.3. The Balaban J connectivity index is 1.35. The molecular weight excluding hydrogens is 426 g/mol. The van der Waals surface area contributed by atoms with Crippen LogP contribution in [0.1, 0.15) is 31.0 Å². The summed E-state index contributed by atoms with van der Waals surface area (Å²) in [4.78, 5) is 11.5. The molecule has 0 aliphatic carbocycles. The Morgan fingerprint density at radius 2 is 2.00 bits per heavy atom. The lowest BCUT2D eigenvalue weighted by Gasteiger charge is -2.39. The van der Waals surface area contributed by atoms with Gasteiger partial charge in [-0.3, -0.25) is 4.98 Å². The van der Waals surface area contributed by atoms with E-state index in [1.807, 2.05) is 55.7 Å². The first-order valence-corrected chi connectivity index (χ1v) is 11.5. The summed E-state index contributed by atoms with van der Waals surface area (Å²) in [6.45, 7) is 4.18. The van der Waals surface area contributed by atoms with Crippen molar-refractivity contribution < 1.29 is 4.74 Å². The third-order valence-corrected chi connectivity index (χ3v) is 6.42. The van der Waals surface area contributed by atoms with E-state index in [-0.39, 0.29) is 5.54 Å². The summed E-state index contributed by atoms with van der Waals surface area (Å²) in [5, 5.41) is 13.9. The highest BCUT2D eigenvalue weighted by Gasteiger charge is 2.31. The molecule has 1 aliphatic heterocycles. The Morgan fingerprint density at radius 1 is 1.15 bits per heavy atom. The van der Waals surface area contributed by atoms with E-state index in [4.69, 9.17) is 15.5 Å². The van der Waals surface area contributed by atoms with Gasteiger partial charge in [0.1, 0.15) is 17.6 Å². The van der Waals surface area contributed by atoms with Crippen LogP contribution < -0.4 is 15.4 Å². The van der Waals surface area contributed by atoms with Crippen LogP contribution in [0.25, 0.3) is 16.6 Å². The SMILES string of the molecule is CCOc1cc(-c2ccc(N3CCC(N)(Cc4ccccn4)CC3)nc2)c2c(C#N)cnn2c1. The standard InChI is InChI=1S/C26H27N7O/c1-2-34-22-13-23(25-20(15-27)17-31-33(25)18-22)19-6-7-24(30-16-19)32-11-8-26(28,9-12-32)14-21-5-3-4-10-29-21/h3-7,10,13,16-18H,2,8-9,11-12,14,28H2,1H3. The van der Waals surface area contributed by atoms with Crippen molar-refractivity contribution in [3.05, 3.63) is 72.4 Å². The van der Waals surface area contributed by atoms with E-state index in [1.165, 1.54) is 0 Å². The number of hydrogen-bond donors (Lipinski definition) is 1. The second kappa shape index (κ2) is 9.12. The minimum Gasteiger partial charge on any atom is -0.492 e. The number of anilines is 1. The molecule has 4 aromatic rings. The van der Waals surface area contributed by atoms with Crippen LogP contribution in [0.5, 0.6) is 5.75 Å². The molecule has 8 heteroatoms. The summed E-state index contributed by atoms with van der Waals surface area (Å²) in [6, 6.07) is 14.2. The first kappa shape index (κ1) is 21.9. The van der Waals surface area contributed by atoms with Crippen molar-refractivity contribution in [3.63, 3.8) is 0 Å². The molecule has 0 unspecified atom stereocenters. The average molecular weight is 454 g/mol. The zero-order valence-electron chi connectivity index (χ0n) is 19.2. The van der Waals surface area contributed by atoms with E-state index in [9.17, 15) is 5.26 Å². The maximum atomic E-state index is 9.55. The van der Waals surface area contributed by atoms with Gasteiger partial charge in [-0.05, 0) is 50.1 Å². The molecular formula is C26H27N7O. The highest BCUT2D eigenvalue weighted by molar-refractivity contribution is 5.85. The van der Waals surface area contributed by atoms with E-state index < -0.39 is 0 Å². The van der Waals surface area contributed by atoms with E-state index in [0.29, 0.717) is 17.9 Å². The van der Waals surface area contributed by atoms with Gasteiger partial charge in [-0.2, -0.15) is 10.4 Å². The second-order valence-electron chi connectivity index (χ2n) is 8.74. The van der Waals surface area contributed by atoms with Crippen molar-refractivity contribution in [2.24, 2.45) is 5.73 Å². The van der Waals surface area contributed by atoms with Gasteiger partial charge in [-0.25, -0.2) is 9.50 Å². The predicted octanol–water partition coefficient (Wildman–Crippen LogP) is 3.60. The Bertz CT molecular complexity index is 1320. The number of rotatable bonds is 6. The summed E-state index contributed by atoms with van der Waals surface area (Å²) in [6.07, 6.45) is 9.59. The molecule has 1 fully saturated rings. The van der Waals surface area contributed by atoms with Crippen LogP contribution in [0, 0.1) is 11.3 Å². The highest BCUT2D eigenvalue weighted by atomic mass is 16.5. The largest absolute Gasteiger partial charge is 0.492 e. The summed E-state index contributed by atoms with van der Waals surface area (Å²) >= 11 is 0. The zero-order chi connectivity index (χ0) is 23.5. The lowest BCUT2D eigenvalue weighted by atomic mass is 9.84. The number of aromatic nitrogens is 4. The molecule has 5 heterocycles. The maximum absolute atomic E-state index is 9.55. The van der Waals surface area contributed by atoms with Gasteiger partial charge in [0.15, 0.2) is 0 Å².